The Balaban J connectivity index is 2.04. The number of aldehydes is 1. The topological polar surface area (TPSA) is 60.4 Å². The first-order valence-electron chi connectivity index (χ1n) is 6.40. The van der Waals surface area contributed by atoms with Crippen molar-refractivity contribution in [3.05, 3.63) is 29.8 Å². The lowest BCUT2D eigenvalue weighted by Crippen LogP contribution is -2.33. The van der Waals surface area contributed by atoms with Crippen LogP contribution in [0.3, 0.4) is 0 Å². The highest BCUT2D eigenvalue weighted by Crippen LogP contribution is 2.27. The lowest BCUT2D eigenvalue weighted by molar-refractivity contribution is 0.112. The standard InChI is InChI=1S/C14H18O4S/c1-19(16,17)14-7-3-6-13(9-14)18-12-5-2-4-11(8-12)10-15/h2,4-5,8,10,13-14H,3,6-7,9H2,1H3. The second-order valence-corrected chi connectivity index (χ2v) is 7.37. The number of carbonyl (C=O) groups excluding carboxylic acids is 1. The molecule has 0 heterocycles. The molecule has 1 aromatic carbocycles. The highest BCUT2D eigenvalue weighted by Gasteiger charge is 2.29. The Bertz CT molecular complexity index is 550. The smallest absolute Gasteiger partial charge is 0.150 e. The summed E-state index contributed by atoms with van der Waals surface area (Å²) in [6, 6.07) is 6.93. The van der Waals surface area contributed by atoms with Crippen molar-refractivity contribution in [2.75, 3.05) is 6.26 Å². The van der Waals surface area contributed by atoms with Gasteiger partial charge in [-0.25, -0.2) is 8.42 Å². The number of ether oxygens (including phenoxy) is 1. The Labute approximate surface area is 113 Å². The van der Waals surface area contributed by atoms with E-state index in [2.05, 4.69) is 0 Å². The van der Waals surface area contributed by atoms with E-state index in [0.717, 1.165) is 19.1 Å². The average molecular weight is 282 g/mol. The van der Waals surface area contributed by atoms with Gasteiger partial charge in [-0.1, -0.05) is 12.1 Å². The summed E-state index contributed by atoms with van der Waals surface area (Å²) in [6.45, 7) is 0. The fourth-order valence-electron chi connectivity index (χ4n) is 2.45. The maximum Gasteiger partial charge on any atom is 0.150 e. The van der Waals surface area contributed by atoms with Gasteiger partial charge in [0.2, 0.25) is 0 Å². The van der Waals surface area contributed by atoms with E-state index in [0.29, 0.717) is 24.2 Å². The second kappa shape index (κ2) is 5.74. The van der Waals surface area contributed by atoms with Crippen LogP contribution in [-0.4, -0.2) is 32.3 Å². The molecule has 1 fully saturated rings. The van der Waals surface area contributed by atoms with Crippen LogP contribution in [0.5, 0.6) is 5.75 Å². The fraction of sp³-hybridized carbons (Fsp3) is 0.500. The van der Waals surface area contributed by atoms with E-state index in [-0.39, 0.29) is 11.4 Å². The summed E-state index contributed by atoms with van der Waals surface area (Å²) in [4.78, 5) is 10.7. The van der Waals surface area contributed by atoms with Crippen LogP contribution in [0.2, 0.25) is 0 Å². The number of hydrogen-bond donors (Lipinski definition) is 0. The first kappa shape index (κ1) is 14.1. The van der Waals surface area contributed by atoms with Crippen LogP contribution < -0.4 is 4.74 Å². The molecule has 2 atom stereocenters. The van der Waals surface area contributed by atoms with Gasteiger partial charge in [0.1, 0.15) is 21.9 Å². The van der Waals surface area contributed by atoms with Gasteiger partial charge < -0.3 is 4.74 Å². The third-order valence-electron chi connectivity index (χ3n) is 3.48. The highest BCUT2D eigenvalue weighted by atomic mass is 32.2. The van der Waals surface area contributed by atoms with Gasteiger partial charge in [0, 0.05) is 18.2 Å². The van der Waals surface area contributed by atoms with E-state index >= 15 is 0 Å². The minimum atomic E-state index is -3.00. The van der Waals surface area contributed by atoms with Gasteiger partial charge in [0.15, 0.2) is 0 Å². The zero-order valence-electron chi connectivity index (χ0n) is 10.9. The average Bonchev–Trinajstić information content (AvgIpc) is 2.38. The number of sulfone groups is 1. The zero-order valence-corrected chi connectivity index (χ0v) is 11.7. The summed E-state index contributed by atoms with van der Waals surface area (Å²) in [6.07, 6.45) is 4.93. The van der Waals surface area contributed by atoms with Crippen molar-refractivity contribution < 1.29 is 17.9 Å². The molecule has 2 unspecified atom stereocenters. The third-order valence-corrected chi connectivity index (χ3v) is 5.12. The quantitative estimate of drug-likeness (QED) is 0.795. The molecular weight excluding hydrogens is 264 g/mol. The predicted molar refractivity (Wildman–Crippen MR) is 73.3 cm³/mol. The number of carbonyl (C=O) groups is 1. The van der Waals surface area contributed by atoms with Crippen LogP contribution in [-0.2, 0) is 9.84 Å². The lowest BCUT2D eigenvalue weighted by Gasteiger charge is -2.28. The largest absolute Gasteiger partial charge is 0.490 e. The summed E-state index contributed by atoms with van der Waals surface area (Å²) in [5.74, 6) is 0.628. The molecule has 0 amide bonds. The van der Waals surface area contributed by atoms with Crippen molar-refractivity contribution in [3.63, 3.8) is 0 Å². The first-order valence-corrected chi connectivity index (χ1v) is 8.35. The minimum Gasteiger partial charge on any atom is -0.490 e. The molecule has 0 aromatic heterocycles. The Morgan fingerprint density at radius 1 is 1.32 bits per heavy atom. The summed E-state index contributed by atoms with van der Waals surface area (Å²) in [5.41, 5.74) is 0.563. The van der Waals surface area contributed by atoms with Crippen LogP contribution in [0.25, 0.3) is 0 Å². The SMILES string of the molecule is CS(=O)(=O)C1CCCC(Oc2cccc(C=O)c2)C1. The molecule has 0 radical (unpaired) electrons. The molecule has 1 aliphatic carbocycles. The summed E-state index contributed by atoms with van der Waals surface area (Å²) in [7, 11) is -3.00. The molecule has 2 rings (SSSR count). The van der Waals surface area contributed by atoms with Crippen LogP contribution >= 0.6 is 0 Å². The summed E-state index contributed by atoms with van der Waals surface area (Å²) in [5, 5.41) is -0.305. The van der Waals surface area contributed by atoms with Gasteiger partial charge in [0.25, 0.3) is 0 Å². The monoisotopic (exact) mass is 282 g/mol. The molecule has 1 aromatic rings. The van der Waals surface area contributed by atoms with Gasteiger partial charge in [-0.3, -0.25) is 4.79 Å². The van der Waals surface area contributed by atoms with Gasteiger partial charge in [-0.05, 0) is 31.4 Å². The van der Waals surface area contributed by atoms with Crippen LogP contribution in [0.15, 0.2) is 24.3 Å². The molecule has 0 saturated heterocycles. The van der Waals surface area contributed by atoms with Crippen molar-refractivity contribution >= 4 is 16.1 Å². The molecule has 0 spiro atoms. The van der Waals surface area contributed by atoms with Crippen molar-refractivity contribution in [1.82, 2.24) is 0 Å². The van der Waals surface area contributed by atoms with E-state index in [9.17, 15) is 13.2 Å². The fourth-order valence-corrected chi connectivity index (χ4v) is 3.61. The Hall–Kier alpha value is -1.36. The molecule has 0 N–H and O–H groups in total. The van der Waals surface area contributed by atoms with Gasteiger partial charge in [-0.2, -0.15) is 0 Å². The predicted octanol–water partition coefficient (Wildman–Crippen LogP) is 2.23. The first-order chi connectivity index (χ1) is 8.99. The van der Waals surface area contributed by atoms with Crippen LogP contribution in [0.1, 0.15) is 36.0 Å². The number of hydrogen-bond acceptors (Lipinski definition) is 4. The zero-order chi connectivity index (χ0) is 13.9. The van der Waals surface area contributed by atoms with Crippen molar-refractivity contribution in [2.24, 2.45) is 0 Å². The van der Waals surface area contributed by atoms with Gasteiger partial charge >= 0.3 is 0 Å². The normalized spacial score (nSPS) is 23.8. The molecule has 5 heteroatoms. The van der Waals surface area contributed by atoms with E-state index in [1.807, 2.05) is 0 Å². The third kappa shape index (κ3) is 3.80. The summed E-state index contributed by atoms with van der Waals surface area (Å²) >= 11 is 0. The van der Waals surface area contributed by atoms with Crippen LogP contribution in [0, 0.1) is 0 Å². The Kier molecular flexibility index (Phi) is 4.24. The maximum absolute atomic E-state index is 11.6. The van der Waals surface area contributed by atoms with Gasteiger partial charge in [-0.15, -0.1) is 0 Å². The molecular formula is C14H18O4S. The maximum atomic E-state index is 11.6. The lowest BCUT2D eigenvalue weighted by atomic mass is 9.97. The molecule has 104 valence electrons. The summed E-state index contributed by atoms with van der Waals surface area (Å²) < 4.78 is 29.0. The molecule has 19 heavy (non-hydrogen) atoms. The van der Waals surface area contributed by atoms with E-state index in [4.69, 9.17) is 4.74 Å². The van der Waals surface area contributed by atoms with E-state index in [1.54, 1.807) is 24.3 Å². The molecule has 4 nitrogen and oxygen atoms in total. The van der Waals surface area contributed by atoms with E-state index in [1.165, 1.54) is 6.26 Å². The van der Waals surface area contributed by atoms with Gasteiger partial charge in [0.05, 0.1) is 11.4 Å². The molecule has 0 bridgehead atoms. The van der Waals surface area contributed by atoms with E-state index < -0.39 is 9.84 Å². The molecule has 1 saturated carbocycles. The number of rotatable bonds is 4. The molecule has 1 aliphatic rings. The number of benzene rings is 1. The minimum absolute atomic E-state index is 0.0876. The molecule has 0 aliphatic heterocycles. The van der Waals surface area contributed by atoms with Crippen molar-refractivity contribution in [1.29, 1.82) is 0 Å². The highest BCUT2D eigenvalue weighted by molar-refractivity contribution is 7.91. The second-order valence-electron chi connectivity index (χ2n) is 5.05. The Morgan fingerprint density at radius 3 is 2.79 bits per heavy atom. The van der Waals surface area contributed by atoms with Crippen molar-refractivity contribution in [3.8, 4) is 5.75 Å². The van der Waals surface area contributed by atoms with Crippen molar-refractivity contribution in [2.45, 2.75) is 37.0 Å². The Morgan fingerprint density at radius 2 is 2.11 bits per heavy atom. The van der Waals surface area contributed by atoms with Crippen LogP contribution in [0.4, 0.5) is 0 Å².